The number of quaternary nitrogens is 1. The number of carboxylic acid groups (broad SMARTS) is 1. The monoisotopic (exact) mass is 1230 g/mol. The maximum absolute atomic E-state index is 12.9. The molecule has 0 aliphatic rings. The SMILES string of the molecule is CC/C=C\C/C=C\C/C=C\C/C=C\C/C=C\C/C=C\C/C=C\C/C=C\C/C=C\C/C=C\CCCCCCCCCCC(=O)OC(COC(=O)CCCCCCCCCCCC/C=C\C/C=C\C/C=C\CCCCCCC)COC(OCC[N+](C)(C)C)C(=O)[O-]. The highest BCUT2D eigenvalue weighted by atomic mass is 16.7. The number of allylic oxidation sites excluding steroid dienone is 26. The standard InChI is InChI=1S/C80H131NO8/c1-6-8-10-12-14-16-18-20-22-24-26-28-30-32-33-34-35-36-37-38-39-40-41-42-43-44-45-47-49-51-53-55-57-59-61-63-65-67-69-71-78(83)89-76(75-88-80(79(84)85)86-73-72-81(3,4)5)74-87-77(82)70-68-66-64-62-60-58-56-54-52-50-48-46-31-29-27-25-23-21-19-17-15-13-11-9-7-2/h8,10,14,16,19-22,25-28,31-33,35-36,38-39,41-42,44-46,49,51,76,80H,6-7,9,11-13,15,17-18,23-24,29-30,34,37,40,43,47-48,50,52-75H2,1-5H3/b10-8-,16-14-,21-19-,22-20-,27-25-,28-26-,33-32-,36-35-,39-38-,42-41-,45-44-,46-31-,51-49-. The van der Waals surface area contributed by atoms with Gasteiger partial charge < -0.3 is 33.3 Å². The Morgan fingerprint density at radius 1 is 0.348 bits per heavy atom. The molecule has 9 nitrogen and oxygen atoms in total. The Morgan fingerprint density at radius 2 is 0.640 bits per heavy atom. The first kappa shape index (κ1) is 83.9. The Hall–Kier alpha value is -5.09. The number of hydrogen-bond acceptors (Lipinski definition) is 8. The van der Waals surface area contributed by atoms with Crippen LogP contribution < -0.4 is 5.11 Å². The highest BCUT2D eigenvalue weighted by Crippen LogP contribution is 2.16. The zero-order valence-corrected chi connectivity index (χ0v) is 57.5. The highest BCUT2D eigenvalue weighted by Gasteiger charge is 2.22. The van der Waals surface area contributed by atoms with Crippen LogP contribution in [-0.4, -0.2) is 82.3 Å². The number of aliphatic carboxylic acids is 1. The van der Waals surface area contributed by atoms with Crippen LogP contribution in [0.5, 0.6) is 0 Å². The summed E-state index contributed by atoms with van der Waals surface area (Å²) in [5.41, 5.74) is 0. The molecular weight excluding hydrogens is 1100 g/mol. The molecule has 504 valence electrons. The van der Waals surface area contributed by atoms with Crippen LogP contribution in [-0.2, 0) is 33.3 Å². The number of hydrogen-bond donors (Lipinski definition) is 0. The fraction of sp³-hybridized carbons (Fsp3) is 0.637. The van der Waals surface area contributed by atoms with Crippen LogP contribution in [0.1, 0.15) is 271 Å². The predicted molar refractivity (Wildman–Crippen MR) is 379 cm³/mol. The number of carbonyl (C=O) groups excluding carboxylic acids is 3. The lowest BCUT2D eigenvalue weighted by molar-refractivity contribution is -0.870. The Bertz CT molecular complexity index is 2020. The van der Waals surface area contributed by atoms with E-state index < -0.39 is 24.3 Å². The lowest BCUT2D eigenvalue weighted by Gasteiger charge is -2.26. The largest absolute Gasteiger partial charge is 0.545 e. The molecule has 0 bridgehead atoms. The van der Waals surface area contributed by atoms with Crippen LogP contribution in [0.4, 0.5) is 0 Å². The van der Waals surface area contributed by atoms with Crippen molar-refractivity contribution in [1.82, 2.24) is 0 Å². The fourth-order valence-electron chi connectivity index (χ4n) is 9.34. The number of nitrogens with zero attached hydrogens (tertiary/aromatic N) is 1. The molecule has 89 heavy (non-hydrogen) atoms. The first-order valence-electron chi connectivity index (χ1n) is 35.6. The van der Waals surface area contributed by atoms with Gasteiger partial charge in [0.25, 0.3) is 0 Å². The summed E-state index contributed by atoms with van der Waals surface area (Å²) >= 11 is 0. The Balaban J connectivity index is 4.20. The van der Waals surface area contributed by atoms with Crippen molar-refractivity contribution in [3.8, 4) is 0 Å². The van der Waals surface area contributed by atoms with Crippen molar-refractivity contribution in [2.75, 3.05) is 47.5 Å². The highest BCUT2D eigenvalue weighted by molar-refractivity contribution is 5.70. The zero-order chi connectivity index (χ0) is 64.7. The zero-order valence-electron chi connectivity index (χ0n) is 57.5. The van der Waals surface area contributed by atoms with Crippen molar-refractivity contribution < 1.29 is 42.9 Å². The van der Waals surface area contributed by atoms with Crippen molar-refractivity contribution in [1.29, 1.82) is 0 Å². The van der Waals surface area contributed by atoms with Crippen molar-refractivity contribution in [2.24, 2.45) is 0 Å². The molecule has 2 atom stereocenters. The second-order valence-electron chi connectivity index (χ2n) is 24.4. The van der Waals surface area contributed by atoms with E-state index in [0.29, 0.717) is 17.4 Å². The predicted octanol–water partition coefficient (Wildman–Crippen LogP) is 21.1. The number of esters is 2. The smallest absolute Gasteiger partial charge is 0.306 e. The molecule has 0 aliphatic carbocycles. The van der Waals surface area contributed by atoms with E-state index >= 15 is 0 Å². The van der Waals surface area contributed by atoms with Crippen LogP contribution in [0, 0.1) is 0 Å². The van der Waals surface area contributed by atoms with E-state index in [0.717, 1.165) is 135 Å². The molecule has 0 N–H and O–H groups in total. The minimum Gasteiger partial charge on any atom is -0.545 e. The van der Waals surface area contributed by atoms with E-state index in [9.17, 15) is 19.5 Å². The molecule has 0 saturated carbocycles. The van der Waals surface area contributed by atoms with Gasteiger partial charge in [-0.3, -0.25) is 9.59 Å². The lowest BCUT2D eigenvalue weighted by atomic mass is 10.1. The molecule has 0 spiro atoms. The lowest BCUT2D eigenvalue weighted by Crippen LogP contribution is -2.44. The van der Waals surface area contributed by atoms with Crippen LogP contribution in [0.3, 0.4) is 0 Å². The van der Waals surface area contributed by atoms with E-state index in [1.807, 2.05) is 21.1 Å². The number of ether oxygens (including phenoxy) is 4. The van der Waals surface area contributed by atoms with E-state index in [1.165, 1.54) is 103 Å². The third-order valence-corrected chi connectivity index (χ3v) is 14.8. The van der Waals surface area contributed by atoms with Crippen molar-refractivity contribution >= 4 is 17.9 Å². The van der Waals surface area contributed by atoms with Gasteiger partial charge in [0.1, 0.15) is 13.2 Å². The number of unbranched alkanes of at least 4 members (excludes halogenated alkanes) is 23. The summed E-state index contributed by atoms with van der Waals surface area (Å²) in [6.45, 7) is 4.60. The van der Waals surface area contributed by atoms with Crippen LogP contribution >= 0.6 is 0 Å². The summed E-state index contributed by atoms with van der Waals surface area (Å²) in [5.74, 6) is -2.31. The van der Waals surface area contributed by atoms with Crippen LogP contribution in [0.25, 0.3) is 0 Å². The molecule has 0 aromatic rings. The van der Waals surface area contributed by atoms with Gasteiger partial charge in [0.15, 0.2) is 12.4 Å². The average molecular weight is 1230 g/mol. The van der Waals surface area contributed by atoms with E-state index in [-0.39, 0.29) is 38.6 Å². The molecule has 0 fully saturated rings. The Morgan fingerprint density at radius 3 is 0.955 bits per heavy atom. The average Bonchev–Trinajstić information content (AvgIpc) is 3.64. The summed E-state index contributed by atoms with van der Waals surface area (Å²) in [6, 6.07) is 0. The summed E-state index contributed by atoms with van der Waals surface area (Å²) in [5, 5.41) is 11.8. The van der Waals surface area contributed by atoms with Gasteiger partial charge in [0, 0.05) is 12.8 Å². The quantitative estimate of drug-likeness (QED) is 0.0195. The van der Waals surface area contributed by atoms with Gasteiger partial charge in [-0.2, -0.15) is 0 Å². The summed E-state index contributed by atoms with van der Waals surface area (Å²) in [6.07, 6.45) is 98.8. The molecule has 0 amide bonds. The van der Waals surface area contributed by atoms with Crippen LogP contribution in [0.2, 0.25) is 0 Å². The Labute approximate surface area is 546 Å². The van der Waals surface area contributed by atoms with E-state index in [2.05, 4.69) is 172 Å². The molecule has 9 heteroatoms. The minimum atomic E-state index is -1.64. The molecule has 0 rings (SSSR count). The van der Waals surface area contributed by atoms with Gasteiger partial charge in [-0.05, 0) is 128 Å². The second kappa shape index (κ2) is 68.8. The first-order valence-corrected chi connectivity index (χ1v) is 35.6. The van der Waals surface area contributed by atoms with Crippen molar-refractivity contribution in [3.63, 3.8) is 0 Å². The second-order valence-corrected chi connectivity index (χ2v) is 24.4. The maximum Gasteiger partial charge on any atom is 0.306 e. The number of carbonyl (C=O) groups is 3. The first-order chi connectivity index (χ1) is 43.6. The third-order valence-electron chi connectivity index (χ3n) is 14.8. The molecular formula is C80H131NO8. The fourth-order valence-corrected chi connectivity index (χ4v) is 9.34. The van der Waals surface area contributed by atoms with Gasteiger partial charge in [-0.1, -0.05) is 287 Å². The topological polar surface area (TPSA) is 111 Å². The van der Waals surface area contributed by atoms with Gasteiger partial charge in [-0.25, -0.2) is 0 Å². The molecule has 0 aliphatic heterocycles. The molecule has 0 saturated heterocycles. The molecule has 0 heterocycles. The van der Waals surface area contributed by atoms with Gasteiger partial charge in [0.2, 0.25) is 0 Å². The summed E-state index contributed by atoms with van der Waals surface area (Å²) in [4.78, 5) is 37.5. The van der Waals surface area contributed by atoms with Crippen LogP contribution in [0.15, 0.2) is 158 Å². The normalized spacial score (nSPS) is 13.7. The molecule has 0 aromatic heterocycles. The van der Waals surface area contributed by atoms with Gasteiger partial charge >= 0.3 is 11.9 Å². The number of likely N-dealkylation sites (N-methyl/N-ethyl adjacent to an activating group) is 1. The van der Waals surface area contributed by atoms with E-state index in [1.54, 1.807) is 0 Å². The van der Waals surface area contributed by atoms with E-state index in [4.69, 9.17) is 18.9 Å². The molecule has 0 aromatic carbocycles. The summed E-state index contributed by atoms with van der Waals surface area (Å²) in [7, 11) is 5.92. The summed E-state index contributed by atoms with van der Waals surface area (Å²) < 4.78 is 22.8. The Kier molecular flexibility index (Phi) is 64.9. The molecule has 2 unspecified atom stereocenters. The maximum atomic E-state index is 12.9. The number of carboxylic acids is 1. The van der Waals surface area contributed by atoms with Gasteiger partial charge in [0.05, 0.1) is 40.3 Å². The number of rotatable bonds is 64. The third kappa shape index (κ3) is 70.2. The van der Waals surface area contributed by atoms with Crippen molar-refractivity contribution in [2.45, 2.75) is 283 Å². The van der Waals surface area contributed by atoms with Gasteiger partial charge in [-0.15, -0.1) is 0 Å². The molecule has 0 radical (unpaired) electrons. The minimum absolute atomic E-state index is 0.137. The van der Waals surface area contributed by atoms with Crippen molar-refractivity contribution in [3.05, 3.63) is 158 Å².